The zero-order valence-corrected chi connectivity index (χ0v) is 20.3. The van der Waals surface area contributed by atoms with Crippen molar-refractivity contribution in [2.24, 2.45) is 0 Å². The van der Waals surface area contributed by atoms with Crippen LogP contribution in [-0.2, 0) is 14.3 Å². The molecule has 4 rings (SSSR count). The SMILES string of the molecule is C=CCOc1ccc(/C([O-])=C2\C(=O)C(=O)N(CCC[NH+]3CCOCC3)C2c2ccc(Cl)cc2)cc1. The minimum Gasteiger partial charge on any atom is -0.872 e. The van der Waals surface area contributed by atoms with E-state index >= 15 is 0 Å². The van der Waals surface area contributed by atoms with Gasteiger partial charge in [0.1, 0.15) is 25.4 Å². The predicted molar refractivity (Wildman–Crippen MR) is 131 cm³/mol. The molecule has 35 heavy (non-hydrogen) atoms. The van der Waals surface area contributed by atoms with Gasteiger partial charge in [-0.3, -0.25) is 9.59 Å². The molecule has 0 aromatic heterocycles. The lowest BCUT2D eigenvalue weighted by molar-refractivity contribution is -0.908. The minimum atomic E-state index is -0.754. The van der Waals surface area contributed by atoms with E-state index in [1.54, 1.807) is 54.6 Å². The van der Waals surface area contributed by atoms with Crippen LogP contribution in [0.5, 0.6) is 5.75 Å². The number of quaternary nitrogens is 1. The van der Waals surface area contributed by atoms with Gasteiger partial charge in [-0.2, -0.15) is 0 Å². The molecule has 1 N–H and O–H groups in total. The number of carbonyl (C=O) groups excluding carboxylic acids is 2. The zero-order chi connectivity index (χ0) is 24.8. The van der Waals surface area contributed by atoms with Crippen LogP contribution in [0.25, 0.3) is 5.76 Å². The first-order valence-corrected chi connectivity index (χ1v) is 12.1. The van der Waals surface area contributed by atoms with E-state index in [1.165, 1.54) is 9.80 Å². The highest BCUT2D eigenvalue weighted by Crippen LogP contribution is 2.39. The third kappa shape index (κ3) is 5.75. The zero-order valence-electron chi connectivity index (χ0n) is 19.5. The van der Waals surface area contributed by atoms with Gasteiger partial charge in [-0.1, -0.05) is 54.3 Å². The molecule has 2 aliphatic rings. The smallest absolute Gasteiger partial charge is 0.295 e. The number of hydrogen-bond donors (Lipinski definition) is 1. The molecule has 0 saturated carbocycles. The molecular formula is C27H29ClN2O5. The quantitative estimate of drug-likeness (QED) is 0.246. The van der Waals surface area contributed by atoms with Crippen molar-refractivity contribution in [1.82, 2.24) is 4.90 Å². The van der Waals surface area contributed by atoms with E-state index in [0.717, 1.165) is 39.3 Å². The molecule has 0 bridgehead atoms. The van der Waals surface area contributed by atoms with Crippen molar-refractivity contribution < 1.29 is 29.1 Å². The van der Waals surface area contributed by atoms with Gasteiger partial charge in [0.05, 0.1) is 25.8 Å². The third-order valence-electron chi connectivity index (χ3n) is 6.33. The van der Waals surface area contributed by atoms with Crippen LogP contribution in [0, 0.1) is 0 Å². The van der Waals surface area contributed by atoms with Gasteiger partial charge in [-0.15, -0.1) is 0 Å². The average Bonchev–Trinajstić information content (AvgIpc) is 3.13. The van der Waals surface area contributed by atoms with Gasteiger partial charge in [0.15, 0.2) is 0 Å². The number of likely N-dealkylation sites (tertiary alicyclic amines) is 1. The molecule has 1 amide bonds. The monoisotopic (exact) mass is 496 g/mol. The van der Waals surface area contributed by atoms with Crippen LogP contribution in [0.1, 0.15) is 23.6 Å². The van der Waals surface area contributed by atoms with E-state index in [-0.39, 0.29) is 5.57 Å². The van der Waals surface area contributed by atoms with Crippen molar-refractivity contribution in [3.8, 4) is 5.75 Å². The van der Waals surface area contributed by atoms with Gasteiger partial charge in [-0.25, -0.2) is 0 Å². The van der Waals surface area contributed by atoms with Gasteiger partial charge in [0, 0.05) is 23.6 Å². The molecule has 1 unspecified atom stereocenters. The molecule has 8 heteroatoms. The maximum absolute atomic E-state index is 13.5. The fourth-order valence-corrected chi connectivity index (χ4v) is 4.64. The molecule has 2 aromatic carbocycles. The minimum absolute atomic E-state index is 0.0317. The number of halogens is 1. The van der Waals surface area contributed by atoms with Crippen LogP contribution >= 0.6 is 11.6 Å². The molecule has 2 heterocycles. The second-order valence-corrected chi connectivity index (χ2v) is 9.05. The lowest BCUT2D eigenvalue weighted by Gasteiger charge is -2.29. The highest BCUT2D eigenvalue weighted by molar-refractivity contribution is 6.46. The van der Waals surface area contributed by atoms with E-state index < -0.39 is 23.5 Å². The molecule has 2 fully saturated rings. The Morgan fingerprint density at radius 2 is 1.83 bits per heavy atom. The number of morpholine rings is 1. The van der Waals surface area contributed by atoms with E-state index in [9.17, 15) is 14.7 Å². The summed E-state index contributed by atoms with van der Waals surface area (Å²) in [5.74, 6) is -1.27. The molecule has 0 spiro atoms. The number of nitrogens with one attached hydrogen (secondary N) is 1. The third-order valence-corrected chi connectivity index (χ3v) is 6.58. The molecule has 2 aromatic rings. The average molecular weight is 497 g/mol. The van der Waals surface area contributed by atoms with E-state index in [4.69, 9.17) is 21.1 Å². The van der Waals surface area contributed by atoms with Crippen molar-refractivity contribution in [3.63, 3.8) is 0 Å². The maximum Gasteiger partial charge on any atom is 0.295 e. The molecule has 2 saturated heterocycles. The fraction of sp³-hybridized carbons (Fsp3) is 0.333. The van der Waals surface area contributed by atoms with Crippen LogP contribution in [0.4, 0.5) is 0 Å². The van der Waals surface area contributed by atoms with Gasteiger partial charge < -0.3 is 24.4 Å². The number of rotatable bonds is 9. The summed E-state index contributed by atoms with van der Waals surface area (Å²) in [5.41, 5.74) is 0.975. The van der Waals surface area contributed by atoms with Crippen molar-refractivity contribution in [2.75, 3.05) is 46.0 Å². The fourth-order valence-electron chi connectivity index (χ4n) is 4.52. The molecule has 0 aliphatic carbocycles. The highest BCUT2D eigenvalue weighted by Gasteiger charge is 2.44. The van der Waals surface area contributed by atoms with Crippen molar-refractivity contribution in [2.45, 2.75) is 12.5 Å². The summed E-state index contributed by atoms with van der Waals surface area (Å²) in [6.45, 7) is 8.52. The number of ketones is 1. The summed E-state index contributed by atoms with van der Waals surface area (Å²) in [4.78, 5) is 29.1. The molecule has 0 radical (unpaired) electrons. The summed E-state index contributed by atoms with van der Waals surface area (Å²) in [6.07, 6.45) is 2.35. The number of ether oxygens (including phenoxy) is 2. The number of nitrogens with zero attached hydrogens (tertiary/aromatic N) is 1. The summed E-state index contributed by atoms with van der Waals surface area (Å²) in [7, 11) is 0. The number of carbonyl (C=O) groups is 2. The Bertz CT molecular complexity index is 1090. The summed E-state index contributed by atoms with van der Waals surface area (Å²) >= 11 is 6.08. The van der Waals surface area contributed by atoms with Crippen LogP contribution in [0.3, 0.4) is 0 Å². The number of benzene rings is 2. The van der Waals surface area contributed by atoms with Crippen LogP contribution < -0.4 is 14.7 Å². The Balaban J connectivity index is 1.63. The number of Topliss-reactive ketones (excluding diaryl/α,β-unsaturated/α-hetero) is 1. The Kier molecular flexibility index (Phi) is 8.23. The van der Waals surface area contributed by atoms with E-state index in [1.807, 2.05) is 0 Å². The lowest BCUT2D eigenvalue weighted by Crippen LogP contribution is -3.14. The highest BCUT2D eigenvalue weighted by atomic mass is 35.5. The van der Waals surface area contributed by atoms with Gasteiger partial charge in [-0.05, 0) is 35.4 Å². The van der Waals surface area contributed by atoms with Crippen molar-refractivity contribution in [3.05, 3.63) is 82.9 Å². The molecule has 1 atom stereocenters. The number of hydrogen-bond acceptors (Lipinski definition) is 5. The van der Waals surface area contributed by atoms with Gasteiger partial charge in [0.2, 0.25) is 5.78 Å². The largest absolute Gasteiger partial charge is 0.872 e. The molecule has 7 nitrogen and oxygen atoms in total. The maximum atomic E-state index is 13.5. The first kappa shape index (κ1) is 25.0. The summed E-state index contributed by atoms with van der Waals surface area (Å²) in [5, 5.41) is 14.0. The normalized spacial score (nSPS) is 20.3. The first-order valence-electron chi connectivity index (χ1n) is 11.8. The topological polar surface area (TPSA) is 83.3 Å². The van der Waals surface area contributed by atoms with E-state index in [0.29, 0.717) is 35.1 Å². The Labute approximate surface area is 210 Å². The van der Waals surface area contributed by atoms with Crippen molar-refractivity contribution >= 4 is 29.1 Å². The summed E-state index contributed by atoms with van der Waals surface area (Å²) in [6, 6.07) is 12.7. The van der Waals surface area contributed by atoms with Crippen molar-refractivity contribution in [1.29, 1.82) is 0 Å². The lowest BCUT2D eigenvalue weighted by atomic mass is 9.95. The molecule has 184 valence electrons. The van der Waals surface area contributed by atoms with Gasteiger partial charge >= 0.3 is 0 Å². The first-order chi connectivity index (χ1) is 17.0. The second kappa shape index (κ2) is 11.5. The number of amides is 1. The molecular weight excluding hydrogens is 468 g/mol. The Hall–Kier alpha value is -3.13. The second-order valence-electron chi connectivity index (χ2n) is 8.61. The predicted octanol–water partition coefficient (Wildman–Crippen LogP) is 1.43. The van der Waals surface area contributed by atoms with Crippen LogP contribution in [-0.4, -0.2) is 62.6 Å². The van der Waals surface area contributed by atoms with Crippen LogP contribution in [0.2, 0.25) is 5.02 Å². The Morgan fingerprint density at radius 3 is 2.49 bits per heavy atom. The van der Waals surface area contributed by atoms with Crippen LogP contribution in [0.15, 0.2) is 66.8 Å². The molecule has 2 aliphatic heterocycles. The Morgan fingerprint density at radius 1 is 1.14 bits per heavy atom. The van der Waals surface area contributed by atoms with Gasteiger partial charge in [0.25, 0.3) is 5.91 Å². The van der Waals surface area contributed by atoms with E-state index in [2.05, 4.69) is 6.58 Å². The summed E-state index contributed by atoms with van der Waals surface area (Å²) < 4.78 is 10.9. The standard InChI is InChI=1S/C27H29ClN2O5/c1-2-16-35-22-10-6-20(7-11-22)25(31)23-24(19-4-8-21(28)9-5-19)30(27(33)26(23)32)13-3-12-29-14-17-34-18-15-29/h2,4-11,24,31H,1,3,12-18H2/b25-23+.